The summed E-state index contributed by atoms with van der Waals surface area (Å²) in [5.74, 6) is 0. The maximum Gasteiger partial charge on any atom is 0.108 e. The Balaban J connectivity index is 1.76. The van der Waals surface area contributed by atoms with Crippen molar-refractivity contribution in [3.8, 4) is 6.07 Å². The van der Waals surface area contributed by atoms with Crippen molar-refractivity contribution >= 4 is 0 Å². The van der Waals surface area contributed by atoms with E-state index in [0.29, 0.717) is 6.04 Å². The molecule has 2 saturated carbocycles. The summed E-state index contributed by atoms with van der Waals surface area (Å²) in [5, 5.41) is 12.4. The van der Waals surface area contributed by atoms with Crippen LogP contribution in [0.1, 0.15) is 32.6 Å². The molecular weight excluding hydrogens is 174 g/mol. The zero-order chi connectivity index (χ0) is 9.97. The van der Waals surface area contributed by atoms with Gasteiger partial charge in [0.1, 0.15) is 6.04 Å². The topological polar surface area (TPSA) is 39.1 Å². The molecule has 2 rings (SSSR count). The SMILES string of the molecule is CCN(CC(C#N)NC1CC1)C1CC1. The molecule has 0 aliphatic heterocycles. The Labute approximate surface area is 86.1 Å². The van der Waals surface area contributed by atoms with Crippen LogP contribution in [0.3, 0.4) is 0 Å². The maximum absolute atomic E-state index is 9.01. The van der Waals surface area contributed by atoms with Gasteiger partial charge in [0, 0.05) is 18.6 Å². The third kappa shape index (κ3) is 2.70. The Morgan fingerprint density at radius 1 is 1.43 bits per heavy atom. The third-order valence-corrected chi connectivity index (χ3v) is 3.06. The van der Waals surface area contributed by atoms with Crippen molar-refractivity contribution in [2.45, 2.75) is 50.7 Å². The molecule has 0 aromatic rings. The fourth-order valence-corrected chi connectivity index (χ4v) is 1.88. The van der Waals surface area contributed by atoms with Crippen molar-refractivity contribution in [3.63, 3.8) is 0 Å². The molecule has 78 valence electrons. The first-order chi connectivity index (χ1) is 6.83. The van der Waals surface area contributed by atoms with E-state index in [9.17, 15) is 0 Å². The molecule has 0 aromatic carbocycles. The van der Waals surface area contributed by atoms with Gasteiger partial charge in [0.2, 0.25) is 0 Å². The Kier molecular flexibility index (Phi) is 3.05. The molecule has 3 heteroatoms. The van der Waals surface area contributed by atoms with E-state index < -0.39 is 0 Å². The number of likely N-dealkylation sites (N-methyl/N-ethyl adjacent to an activating group) is 1. The van der Waals surface area contributed by atoms with E-state index in [2.05, 4.69) is 23.2 Å². The molecule has 2 fully saturated rings. The summed E-state index contributed by atoms with van der Waals surface area (Å²) in [6, 6.07) is 3.82. The fraction of sp³-hybridized carbons (Fsp3) is 0.909. The standard InChI is InChI=1S/C11H19N3/c1-2-14(11-5-6-11)8-10(7-12)13-9-3-4-9/h9-11,13H,2-6,8H2,1H3. The van der Waals surface area contributed by atoms with Gasteiger partial charge in [-0.3, -0.25) is 10.2 Å². The highest BCUT2D eigenvalue weighted by atomic mass is 15.2. The maximum atomic E-state index is 9.01. The molecule has 3 nitrogen and oxygen atoms in total. The summed E-state index contributed by atoms with van der Waals surface area (Å²) < 4.78 is 0. The van der Waals surface area contributed by atoms with E-state index >= 15 is 0 Å². The summed E-state index contributed by atoms with van der Waals surface area (Å²) >= 11 is 0. The van der Waals surface area contributed by atoms with E-state index in [4.69, 9.17) is 5.26 Å². The molecule has 0 radical (unpaired) electrons. The first-order valence-corrected chi connectivity index (χ1v) is 5.73. The number of rotatable bonds is 6. The summed E-state index contributed by atoms with van der Waals surface area (Å²) in [5.41, 5.74) is 0. The van der Waals surface area contributed by atoms with Gasteiger partial charge < -0.3 is 0 Å². The average molecular weight is 193 g/mol. The Hall–Kier alpha value is -0.590. The van der Waals surface area contributed by atoms with Gasteiger partial charge in [-0.1, -0.05) is 6.92 Å². The molecule has 0 heterocycles. The van der Waals surface area contributed by atoms with Crippen molar-refractivity contribution < 1.29 is 0 Å². The minimum atomic E-state index is 0.0445. The lowest BCUT2D eigenvalue weighted by atomic mass is 10.3. The van der Waals surface area contributed by atoms with Crippen LogP contribution in [0.25, 0.3) is 0 Å². The zero-order valence-corrected chi connectivity index (χ0v) is 8.87. The Morgan fingerprint density at radius 2 is 2.14 bits per heavy atom. The van der Waals surface area contributed by atoms with Crippen LogP contribution in [0, 0.1) is 11.3 Å². The first-order valence-electron chi connectivity index (χ1n) is 5.73. The van der Waals surface area contributed by atoms with E-state index in [1.807, 2.05) is 0 Å². The van der Waals surface area contributed by atoms with E-state index in [1.165, 1.54) is 25.7 Å². The molecular formula is C11H19N3. The summed E-state index contributed by atoms with van der Waals surface area (Å²) in [6.07, 6.45) is 5.17. The Bertz CT molecular complexity index is 225. The quantitative estimate of drug-likeness (QED) is 0.687. The number of hydrogen-bond acceptors (Lipinski definition) is 3. The lowest BCUT2D eigenvalue weighted by molar-refractivity contribution is 0.259. The van der Waals surface area contributed by atoms with Crippen LogP contribution in [-0.2, 0) is 0 Å². The minimum Gasteiger partial charge on any atom is -0.298 e. The smallest absolute Gasteiger partial charge is 0.108 e. The van der Waals surface area contributed by atoms with Gasteiger partial charge in [0.05, 0.1) is 6.07 Å². The summed E-state index contributed by atoms with van der Waals surface area (Å²) in [7, 11) is 0. The number of nitrogens with zero attached hydrogens (tertiary/aromatic N) is 2. The molecule has 1 N–H and O–H groups in total. The van der Waals surface area contributed by atoms with Gasteiger partial charge in [0.15, 0.2) is 0 Å². The van der Waals surface area contributed by atoms with E-state index in [0.717, 1.165) is 19.1 Å². The molecule has 0 aromatic heterocycles. The zero-order valence-electron chi connectivity index (χ0n) is 8.87. The molecule has 1 unspecified atom stereocenters. The van der Waals surface area contributed by atoms with Crippen molar-refractivity contribution in [1.82, 2.24) is 10.2 Å². The van der Waals surface area contributed by atoms with E-state index in [1.54, 1.807) is 0 Å². The second kappa shape index (κ2) is 4.29. The second-order valence-corrected chi connectivity index (χ2v) is 4.44. The highest BCUT2D eigenvalue weighted by molar-refractivity contribution is 4.99. The van der Waals surface area contributed by atoms with E-state index in [-0.39, 0.29) is 6.04 Å². The van der Waals surface area contributed by atoms with Crippen LogP contribution < -0.4 is 5.32 Å². The van der Waals surface area contributed by atoms with Gasteiger partial charge in [-0.25, -0.2) is 0 Å². The van der Waals surface area contributed by atoms with Crippen molar-refractivity contribution in [1.29, 1.82) is 5.26 Å². The van der Waals surface area contributed by atoms with Crippen LogP contribution in [0.15, 0.2) is 0 Å². The molecule has 1 atom stereocenters. The van der Waals surface area contributed by atoms with Gasteiger partial charge in [-0.15, -0.1) is 0 Å². The normalized spacial score (nSPS) is 23.5. The highest BCUT2D eigenvalue weighted by Gasteiger charge is 2.31. The van der Waals surface area contributed by atoms with Crippen molar-refractivity contribution in [2.24, 2.45) is 0 Å². The lowest BCUT2D eigenvalue weighted by Crippen LogP contribution is -2.42. The molecule has 0 amide bonds. The van der Waals surface area contributed by atoms with Gasteiger partial charge in [0.25, 0.3) is 0 Å². The van der Waals surface area contributed by atoms with Crippen LogP contribution in [0.2, 0.25) is 0 Å². The predicted molar refractivity (Wildman–Crippen MR) is 55.8 cm³/mol. The lowest BCUT2D eigenvalue weighted by Gasteiger charge is -2.23. The number of nitrogens with one attached hydrogen (secondary N) is 1. The number of hydrogen-bond donors (Lipinski definition) is 1. The van der Waals surface area contributed by atoms with Crippen LogP contribution in [0.4, 0.5) is 0 Å². The molecule has 14 heavy (non-hydrogen) atoms. The Morgan fingerprint density at radius 3 is 2.57 bits per heavy atom. The largest absolute Gasteiger partial charge is 0.298 e. The third-order valence-electron chi connectivity index (χ3n) is 3.06. The van der Waals surface area contributed by atoms with Crippen molar-refractivity contribution in [3.05, 3.63) is 0 Å². The van der Waals surface area contributed by atoms with Crippen LogP contribution in [0.5, 0.6) is 0 Å². The van der Waals surface area contributed by atoms with Crippen LogP contribution in [-0.4, -0.2) is 36.1 Å². The first kappa shape index (κ1) is 9.95. The van der Waals surface area contributed by atoms with Gasteiger partial charge in [-0.2, -0.15) is 5.26 Å². The summed E-state index contributed by atoms with van der Waals surface area (Å²) in [6.45, 7) is 4.17. The molecule has 0 spiro atoms. The van der Waals surface area contributed by atoms with Gasteiger partial charge >= 0.3 is 0 Å². The van der Waals surface area contributed by atoms with Crippen molar-refractivity contribution in [2.75, 3.05) is 13.1 Å². The summed E-state index contributed by atoms with van der Waals surface area (Å²) in [4.78, 5) is 2.43. The molecule has 0 bridgehead atoms. The molecule has 2 aliphatic carbocycles. The van der Waals surface area contributed by atoms with Gasteiger partial charge in [-0.05, 0) is 32.2 Å². The number of nitriles is 1. The monoisotopic (exact) mass is 193 g/mol. The highest BCUT2D eigenvalue weighted by Crippen LogP contribution is 2.27. The van der Waals surface area contributed by atoms with Crippen LogP contribution >= 0.6 is 0 Å². The predicted octanol–water partition coefficient (Wildman–Crippen LogP) is 1.11. The molecule has 2 aliphatic rings. The molecule has 0 saturated heterocycles. The second-order valence-electron chi connectivity index (χ2n) is 4.44. The average Bonchev–Trinajstić information content (AvgIpc) is 3.01. The minimum absolute atomic E-state index is 0.0445. The fourth-order valence-electron chi connectivity index (χ4n) is 1.88.